The van der Waals surface area contributed by atoms with Crippen molar-refractivity contribution in [3.05, 3.63) is 41.8 Å². The summed E-state index contributed by atoms with van der Waals surface area (Å²) in [5, 5.41) is 11.9. The second-order valence-electron chi connectivity index (χ2n) is 5.77. The van der Waals surface area contributed by atoms with E-state index in [4.69, 9.17) is 4.52 Å². The zero-order valence-corrected chi connectivity index (χ0v) is 14.4. The van der Waals surface area contributed by atoms with Crippen molar-refractivity contribution in [1.82, 2.24) is 31.1 Å². The molecule has 3 N–H and O–H groups in total. The average molecular weight is 346 g/mol. The molecule has 2 heterocycles. The van der Waals surface area contributed by atoms with Gasteiger partial charge >= 0.3 is 6.03 Å². The van der Waals surface area contributed by atoms with Gasteiger partial charge in [-0.3, -0.25) is 9.78 Å². The number of nitrogens with one attached hydrogen (secondary N) is 3. The van der Waals surface area contributed by atoms with E-state index in [1.54, 1.807) is 25.3 Å². The third-order valence-corrected chi connectivity index (χ3v) is 3.31. The number of aromatic nitrogens is 3. The molecule has 0 spiro atoms. The second-order valence-corrected chi connectivity index (χ2v) is 5.77. The number of hydrogen-bond acceptors (Lipinski definition) is 6. The summed E-state index contributed by atoms with van der Waals surface area (Å²) in [7, 11) is 0. The molecular formula is C16H22N6O3. The van der Waals surface area contributed by atoms with Gasteiger partial charge in [0.05, 0.1) is 5.56 Å². The summed E-state index contributed by atoms with van der Waals surface area (Å²) in [5.74, 6) is 0.864. The first kappa shape index (κ1) is 18.4. The van der Waals surface area contributed by atoms with Crippen LogP contribution in [0.25, 0.3) is 0 Å². The van der Waals surface area contributed by atoms with Crippen LogP contribution >= 0.6 is 0 Å². The maximum absolute atomic E-state index is 11.8. The maximum atomic E-state index is 11.8. The smallest absolute Gasteiger partial charge is 0.315 e. The molecule has 0 saturated heterocycles. The van der Waals surface area contributed by atoms with Gasteiger partial charge in [-0.05, 0) is 19.1 Å². The van der Waals surface area contributed by atoms with E-state index in [9.17, 15) is 9.59 Å². The Morgan fingerprint density at radius 2 is 1.96 bits per heavy atom. The van der Waals surface area contributed by atoms with Gasteiger partial charge in [0.1, 0.15) is 6.04 Å². The van der Waals surface area contributed by atoms with Crippen LogP contribution in [0.15, 0.2) is 29.0 Å². The number of carbonyl (C=O) groups is 2. The Kier molecular flexibility index (Phi) is 6.44. The number of amides is 3. The van der Waals surface area contributed by atoms with Gasteiger partial charge in [0.15, 0.2) is 5.82 Å². The molecular weight excluding hydrogens is 324 g/mol. The van der Waals surface area contributed by atoms with E-state index in [0.29, 0.717) is 23.8 Å². The summed E-state index contributed by atoms with van der Waals surface area (Å²) in [6.07, 6.45) is 3.07. The Hall–Kier alpha value is -2.97. The highest BCUT2D eigenvalue weighted by Crippen LogP contribution is 2.14. The van der Waals surface area contributed by atoms with Crippen molar-refractivity contribution < 1.29 is 14.1 Å². The molecule has 0 bridgehead atoms. The Balaban J connectivity index is 1.69. The summed E-state index contributed by atoms with van der Waals surface area (Å²) in [5.41, 5.74) is 0.470. The monoisotopic (exact) mass is 346 g/mol. The summed E-state index contributed by atoms with van der Waals surface area (Å²) in [6.45, 7) is 6.25. The number of pyridine rings is 1. The minimum Gasteiger partial charge on any atom is -0.350 e. The van der Waals surface area contributed by atoms with Crippen LogP contribution < -0.4 is 16.0 Å². The zero-order valence-electron chi connectivity index (χ0n) is 14.4. The van der Waals surface area contributed by atoms with Crippen LogP contribution in [0.2, 0.25) is 0 Å². The molecule has 0 fully saturated rings. The summed E-state index contributed by atoms with van der Waals surface area (Å²) in [4.78, 5) is 31.8. The molecule has 2 aromatic heterocycles. The topological polar surface area (TPSA) is 122 Å². The first-order chi connectivity index (χ1) is 12.0. The van der Waals surface area contributed by atoms with Crippen LogP contribution in [0.1, 0.15) is 54.8 Å². The predicted molar refractivity (Wildman–Crippen MR) is 89.9 cm³/mol. The number of hydrogen-bond donors (Lipinski definition) is 3. The fraction of sp³-hybridized carbons (Fsp3) is 0.438. The summed E-state index contributed by atoms with van der Waals surface area (Å²) < 4.78 is 5.13. The highest BCUT2D eigenvalue weighted by molar-refractivity contribution is 5.93. The largest absolute Gasteiger partial charge is 0.350 e. The summed E-state index contributed by atoms with van der Waals surface area (Å²) >= 11 is 0. The third kappa shape index (κ3) is 5.55. The molecule has 134 valence electrons. The molecule has 0 aromatic carbocycles. The molecule has 0 aliphatic heterocycles. The van der Waals surface area contributed by atoms with Crippen molar-refractivity contribution in [3.8, 4) is 0 Å². The normalized spacial score (nSPS) is 11.8. The zero-order chi connectivity index (χ0) is 18.2. The Morgan fingerprint density at radius 1 is 1.20 bits per heavy atom. The molecule has 1 unspecified atom stereocenters. The molecule has 2 rings (SSSR count). The molecule has 0 aliphatic rings. The SMILES string of the molecule is CC(C)c1noc(C(C)NC(=O)NCCNC(=O)c2cccnc2)n1. The summed E-state index contributed by atoms with van der Waals surface area (Å²) in [6, 6.07) is 2.56. The van der Waals surface area contributed by atoms with Gasteiger partial charge in [0.25, 0.3) is 5.91 Å². The molecule has 1 atom stereocenters. The lowest BCUT2D eigenvalue weighted by molar-refractivity contribution is 0.0953. The van der Waals surface area contributed by atoms with Crippen molar-refractivity contribution in [1.29, 1.82) is 0 Å². The second kappa shape index (κ2) is 8.76. The number of urea groups is 1. The van der Waals surface area contributed by atoms with Gasteiger partial charge in [-0.25, -0.2) is 4.79 Å². The lowest BCUT2D eigenvalue weighted by Gasteiger charge is -2.11. The first-order valence-electron chi connectivity index (χ1n) is 8.03. The van der Waals surface area contributed by atoms with E-state index in [-0.39, 0.29) is 24.4 Å². The van der Waals surface area contributed by atoms with E-state index in [1.165, 1.54) is 6.20 Å². The van der Waals surface area contributed by atoms with Gasteiger partial charge < -0.3 is 20.5 Å². The fourth-order valence-corrected chi connectivity index (χ4v) is 1.92. The molecule has 0 radical (unpaired) electrons. The molecule has 9 nitrogen and oxygen atoms in total. The minimum absolute atomic E-state index is 0.155. The third-order valence-electron chi connectivity index (χ3n) is 3.31. The molecule has 0 saturated carbocycles. The van der Waals surface area contributed by atoms with E-state index in [0.717, 1.165) is 0 Å². The van der Waals surface area contributed by atoms with Gasteiger partial charge in [0.2, 0.25) is 5.89 Å². The van der Waals surface area contributed by atoms with Crippen LogP contribution in [0, 0.1) is 0 Å². The van der Waals surface area contributed by atoms with Crippen molar-refractivity contribution in [2.75, 3.05) is 13.1 Å². The van der Waals surface area contributed by atoms with E-state index < -0.39 is 6.04 Å². The molecule has 9 heteroatoms. The Bertz CT molecular complexity index is 701. The van der Waals surface area contributed by atoms with Gasteiger partial charge in [-0.1, -0.05) is 19.0 Å². The van der Waals surface area contributed by atoms with Crippen molar-refractivity contribution in [2.24, 2.45) is 0 Å². The van der Waals surface area contributed by atoms with Gasteiger partial charge in [-0.2, -0.15) is 4.98 Å². The molecule has 3 amide bonds. The predicted octanol–water partition coefficient (Wildman–Crippen LogP) is 1.38. The molecule has 2 aromatic rings. The van der Waals surface area contributed by atoms with Crippen molar-refractivity contribution in [3.63, 3.8) is 0 Å². The highest BCUT2D eigenvalue weighted by atomic mass is 16.5. The fourth-order valence-electron chi connectivity index (χ4n) is 1.92. The number of carbonyl (C=O) groups excluding carboxylic acids is 2. The highest BCUT2D eigenvalue weighted by Gasteiger charge is 2.17. The van der Waals surface area contributed by atoms with Crippen LogP contribution in [0.5, 0.6) is 0 Å². The quantitative estimate of drug-likeness (QED) is 0.651. The first-order valence-corrected chi connectivity index (χ1v) is 8.03. The lowest BCUT2D eigenvalue weighted by atomic mass is 10.2. The average Bonchev–Trinajstić information content (AvgIpc) is 3.10. The number of nitrogens with zero attached hydrogens (tertiary/aromatic N) is 3. The van der Waals surface area contributed by atoms with Crippen LogP contribution in [-0.2, 0) is 0 Å². The van der Waals surface area contributed by atoms with Crippen LogP contribution in [0.3, 0.4) is 0 Å². The standard InChI is InChI=1S/C16H22N6O3/c1-10(2)13-21-15(25-22-13)11(3)20-16(24)19-8-7-18-14(23)12-5-4-6-17-9-12/h4-6,9-11H,7-8H2,1-3H3,(H,18,23)(H2,19,20,24). The van der Waals surface area contributed by atoms with E-state index in [2.05, 4.69) is 31.1 Å². The lowest BCUT2D eigenvalue weighted by Crippen LogP contribution is -2.41. The van der Waals surface area contributed by atoms with E-state index >= 15 is 0 Å². The Labute approximate surface area is 145 Å². The number of rotatable bonds is 7. The molecule has 0 aliphatic carbocycles. The molecule has 25 heavy (non-hydrogen) atoms. The minimum atomic E-state index is -0.412. The Morgan fingerprint density at radius 3 is 2.60 bits per heavy atom. The van der Waals surface area contributed by atoms with Gasteiger partial charge in [-0.15, -0.1) is 0 Å². The maximum Gasteiger partial charge on any atom is 0.315 e. The van der Waals surface area contributed by atoms with Crippen molar-refractivity contribution >= 4 is 11.9 Å². The van der Waals surface area contributed by atoms with Crippen LogP contribution in [-0.4, -0.2) is 40.2 Å². The van der Waals surface area contributed by atoms with Gasteiger partial charge in [0, 0.05) is 31.4 Å². The van der Waals surface area contributed by atoms with Crippen molar-refractivity contribution in [2.45, 2.75) is 32.7 Å². The van der Waals surface area contributed by atoms with Crippen LogP contribution in [0.4, 0.5) is 4.79 Å². The van der Waals surface area contributed by atoms with E-state index in [1.807, 2.05) is 13.8 Å².